The van der Waals surface area contributed by atoms with E-state index in [2.05, 4.69) is 10.6 Å². The number of alkyl halides is 6. The third kappa shape index (κ3) is 3.99. The first-order valence-corrected chi connectivity index (χ1v) is 8.29. The predicted octanol–water partition coefficient (Wildman–Crippen LogP) is 5.54. The molecule has 0 aromatic heterocycles. The fraction of sp³-hybridized carbons (Fsp3) is 0.176. The summed E-state index contributed by atoms with van der Waals surface area (Å²) >= 11 is 11.5. The highest BCUT2D eigenvalue weighted by molar-refractivity contribution is 6.34. The summed E-state index contributed by atoms with van der Waals surface area (Å²) in [4.78, 5) is 21.0. The van der Waals surface area contributed by atoms with Gasteiger partial charge in [-0.15, -0.1) is 0 Å². The highest BCUT2D eigenvalue weighted by atomic mass is 35.5. The Balaban J connectivity index is 2.87. The summed E-state index contributed by atoms with van der Waals surface area (Å²) < 4.78 is 84.3. The molecule has 0 aliphatic heterocycles. The zero-order valence-corrected chi connectivity index (χ0v) is 15.5. The molecule has 0 atom stereocenters. The van der Waals surface area contributed by atoms with Crippen molar-refractivity contribution in [2.45, 2.75) is 17.8 Å². The molecule has 0 radical (unpaired) electrons. The number of carbonyl (C=O) groups is 2. The van der Waals surface area contributed by atoms with Crippen molar-refractivity contribution in [3.05, 3.63) is 57.6 Å². The summed E-state index contributed by atoms with van der Waals surface area (Å²) in [6.45, 7) is 0. The van der Waals surface area contributed by atoms with Crippen LogP contribution in [0, 0.1) is 0 Å². The van der Waals surface area contributed by atoms with Crippen LogP contribution in [0.25, 0.3) is 0 Å². The van der Waals surface area contributed by atoms with Crippen LogP contribution in [0.4, 0.5) is 37.7 Å². The van der Waals surface area contributed by atoms with Gasteiger partial charge in [0.1, 0.15) is 0 Å². The lowest BCUT2D eigenvalue weighted by molar-refractivity contribution is -0.288. The van der Waals surface area contributed by atoms with Crippen molar-refractivity contribution in [1.29, 1.82) is 0 Å². The smallest absolute Gasteiger partial charge is 0.327 e. The molecule has 0 unspecified atom stereocenters. The summed E-state index contributed by atoms with van der Waals surface area (Å²) in [6, 6.07) is 3.71. The van der Waals surface area contributed by atoms with Crippen LogP contribution in [0.1, 0.15) is 11.1 Å². The van der Waals surface area contributed by atoms with E-state index in [0.29, 0.717) is 24.3 Å². The molecule has 0 fully saturated rings. The van der Waals surface area contributed by atoms with E-state index in [1.807, 2.05) is 0 Å². The number of benzene rings is 2. The molecule has 12 heteroatoms. The first-order valence-electron chi connectivity index (χ1n) is 7.54. The van der Waals surface area contributed by atoms with E-state index in [4.69, 9.17) is 23.2 Å². The van der Waals surface area contributed by atoms with Crippen molar-refractivity contribution in [3.63, 3.8) is 0 Å². The van der Waals surface area contributed by atoms with Crippen molar-refractivity contribution >= 4 is 47.4 Å². The highest BCUT2D eigenvalue weighted by Crippen LogP contribution is 2.57. The number of nitrogens with one attached hydrogen (secondary N) is 2. The van der Waals surface area contributed by atoms with Crippen LogP contribution in [-0.4, -0.2) is 25.2 Å². The van der Waals surface area contributed by atoms with Crippen LogP contribution in [0.2, 0.25) is 10.0 Å². The Kier molecular flexibility index (Phi) is 6.39. The maximum atomic E-state index is 14.1. The molecule has 0 saturated carbocycles. The zero-order chi connectivity index (χ0) is 22.0. The molecule has 0 heterocycles. The van der Waals surface area contributed by atoms with Crippen molar-refractivity contribution in [2.75, 3.05) is 10.6 Å². The molecular formula is C17H10Cl2F6N2O2. The SMILES string of the molecule is O=CNc1ccc(C(c2ccc(NC=O)c(Cl)c2)(C(F)(F)F)C(F)(F)F)cc1Cl. The minimum atomic E-state index is -5.85. The molecule has 2 N–H and O–H groups in total. The molecule has 2 amide bonds. The number of carbonyl (C=O) groups excluding carboxylic acids is 2. The fourth-order valence-electron chi connectivity index (χ4n) is 2.84. The molecular weight excluding hydrogens is 449 g/mol. The number of rotatable bonds is 6. The average molecular weight is 459 g/mol. The molecule has 0 aliphatic carbocycles. The van der Waals surface area contributed by atoms with Gasteiger partial charge >= 0.3 is 12.4 Å². The molecule has 4 nitrogen and oxygen atoms in total. The second kappa shape index (κ2) is 8.11. The molecule has 0 bridgehead atoms. The average Bonchev–Trinajstić information content (AvgIpc) is 2.58. The summed E-state index contributed by atoms with van der Waals surface area (Å²) in [7, 11) is 0. The summed E-state index contributed by atoms with van der Waals surface area (Å²) in [5, 5.41) is 3.07. The Morgan fingerprint density at radius 2 is 1.03 bits per heavy atom. The predicted molar refractivity (Wildman–Crippen MR) is 95.2 cm³/mol. The fourth-order valence-corrected chi connectivity index (χ4v) is 3.31. The maximum Gasteiger partial charge on any atom is 0.411 e. The summed E-state index contributed by atoms with van der Waals surface area (Å²) in [6.07, 6.45) is -11.4. The maximum absolute atomic E-state index is 14.1. The summed E-state index contributed by atoms with van der Waals surface area (Å²) in [5.74, 6) is 0. The van der Waals surface area contributed by atoms with Crippen molar-refractivity contribution in [2.24, 2.45) is 0 Å². The quantitative estimate of drug-likeness (QED) is 0.441. The van der Waals surface area contributed by atoms with E-state index in [0.717, 1.165) is 12.1 Å². The number of amides is 2. The number of halogens is 8. The Morgan fingerprint density at radius 1 is 0.690 bits per heavy atom. The van der Waals surface area contributed by atoms with Gasteiger partial charge in [-0.2, -0.15) is 26.3 Å². The highest BCUT2D eigenvalue weighted by Gasteiger charge is 2.72. The molecule has 29 heavy (non-hydrogen) atoms. The van der Waals surface area contributed by atoms with Gasteiger partial charge in [0, 0.05) is 0 Å². The lowest BCUT2D eigenvalue weighted by atomic mass is 9.72. The van der Waals surface area contributed by atoms with E-state index in [1.54, 1.807) is 0 Å². The van der Waals surface area contributed by atoms with E-state index >= 15 is 0 Å². The van der Waals surface area contributed by atoms with Gasteiger partial charge in [0.05, 0.1) is 21.4 Å². The topological polar surface area (TPSA) is 58.2 Å². The molecule has 0 aliphatic rings. The monoisotopic (exact) mass is 458 g/mol. The molecule has 2 rings (SSSR count). The van der Waals surface area contributed by atoms with E-state index < -0.39 is 38.9 Å². The largest absolute Gasteiger partial charge is 0.411 e. The van der Waals surface area contributed by atoms with E-state index in [1.165, 1.54) is 0 Å². The van der Waals surface area contributed by atoms with Gasteiger partial charge in [-0.05, 0) is 35.4 Å². The van der Waals surface area contributed by atoms with Gasteiger partial charge in [-0.3, -0.25) is 9.59 Å². The van der Waals surface area contributed by atoms with Crippen LogP contribution >= 0.6 is 23.2 Å². The number of hydrogen-bond acceptors (Lipinski definition) is 2. The molecule has 0 spiro atoms. The van der Waals surface area contributed by atoms with Gasteiger partial charge in [-0.25, -0.2) is 0 Å². The van der Waals surface area contributed by atoms with Crippen molar-refractivity contribution in [3.8, 4) is 0 Å². The first kappa shape index (κ1) is 22.8. The lowest BCUT2D eigenvalue weighted by Crippen LogP contribution is -2.54. The van der Waals surface area contributed by atoms with Crippen LogP contribution < -0.4 is 10.6 Å². The Labute approximate surface area is 169 Å². The van der Waals surface area contributed by atoms with Crippen LogP contribution in [0.5, 0.6) is 0 Å². The van der Waals surface area contributed by atoms with Crippen LogP contribution in [0.15, 0.2) is 36.4 Å². The Hall–Kier alpha value is -2.46. The van der Waals surface area contributed by atoms with Gasteiger partial charge in [-0.1, -0.05) is 35.3 Å². The van der Waals surface area contributed by atoms with Gasteiger partial charge in [0.15, 0.2) is 0 Å². The minimum absolute atomic E-state index is 0.167. The minimum Gasteiger partial charge on any atom is -0.327 e. The first-order chi connectivity index (χ1) is 13.4. The normalized spacial score (nSPS) is 12.4. The molecule has 2 aromatic carbocycles. The third-order valence-electron chi connectivity index (χ3n) is 4.08. The molecule has 0 saturated heterocycles. The van der Waals surface area contributed by atoms with E-state index in [9.17, 15) is 35.9 Å². The van der Waals surface area contributed by atoms with Gasteiger partial charge in [0.25, 0.3) is 0 Å². The van der Waals surface area contributed by atoms with Crippen LogP contribution in [0.3, 0.4) is 0 Å². The summed E-state index contributed by atoms with van der Waals surface area (Å²) in [5.41, 5.74) is -7.29. The second-order valence-electron chi connectivity index (χ2n) is 5.66. The van der Waals surface area contributed by atoms with Crippen molar-refractivity contribution in [1.82, 2.24) is 0 Å². The third-order valence-corrected chi connectivity index (χ3v) is 4.71. The van der Waals surface area contributed by atoms with Crippen LogP contribution in [-0.2, 0) is 15.0 Å². The second-order valence-corrected chi connectivity index (χ2v) is 6.47. The molecule has 2 aromatic rings. The van der Waals surface area contributed by atoms with Crippen molar-refractivity contribution < 1.29 is 35.9 Å². The number of hydrogen-bond donors (Lipinski definition) is 2. The van der Waals surface area contributed by atoms with E-state index in [-0.39, 0.29) is 24.2 Å². The Bertz CT molecular complexity index is 856. The Morgan fingerprint density at radius 3 is 1.28 bits per heavy atom. The zero-order valence-electron chi connectivity index (χ0n) is 14.0. The standard InChI is InChI=1S/C17H10Cl2F6N2O2/c18-11-5-9(1-3-13(11)26-7-28)15(16(20,21)22,17(23,24)25)10-2-4-14(27-8-29)12(19)6-10/h1-8H,(H,26,28)(H,27,29). The lowest BCUT2D eigenvalue weighted by Gasteiger charge is -2.38. The number of anilines is 2. The van der Waals surface area contributed by atoms with Gasteiger partial charge < -0.3 is 10.6 Å². The molecule has 156 valence electrons. The van der Waals surface area contributed by atoms with Gasteiger partial charge in [0.2, 0.25) is 18.2 Å².